The summed E-state index contributed by atoms with van der Waals surface area (Å²) in [7, 11) is -4.04. The minimum absolute atomic E-state index is 0.0994. The molecule has 37 heavy (non-hydrogen) atoms. The number of anilines is 2. The molecule has 3 aromatic heterocycles. The predicted molar refractivity (Wildman–Crippen MR) is 139 cm³/mol. The second-order valence-electron chi connectivity index (χ2n) is 7.65. The number of nitro groups is 1. The van der Waals surface area contributed by atoms with Crippen molar-refractivity contribution >= 4 is 54.0 Å². The molecule has 13 heteroatoms. The number of aromatic nitrogens is 3. The number of sulfonamides is 1. The van der Waals surface area contributed by atoms with Crippen molar-refractivity contribution in [2.24, 2.45) is 0 Å². The van der Waals surface area contributed by atoms with E-state index in [0.29, 0.717) is 39.2 Å². The predicted octanol–water partition coefficient (Wildman–Crippen LogP) is 4.71. The number of thiazole rings is 1. The van der Waals surface area contributed by atoms with Crippen molar-refractivity contribution in [3.63, 3.8) is 0 Å². The fourth-order valence-corrected chi connectivity index (χ4v) is 5.39. The maximum atomic E-state index is 13.2. The number of hydrogen-bond acceptors (Lipinski definition) is 9. The lowest BCUT2D eigenvalue weighted by molar-refractivity contribution is -0.380. The summed E-state index contributed by atoms with van der Waals surface area (Å²) in [5, 5.41) is 13.8. The standard InChI is InChI=1S/C24H16N6O5S2/c31-23(19-13-21(15-9-11-25-12-10-15)28-20-4-2-1-3-18(19)20)27-16-5-7-17(8-6-16)37(34,35)29-24-26-14-22(36-24)30(32)33/h1-14H,(H,26,29)(H,27,31). The van der Waals surface area contributed by atoms with Gasteiger partial charge in [0.15, 0.2) is 0 Å². The molecule has 0 aliphatic rings. The first-order valence-electron chi connectivity index (χ1n) is 10.6. The number of benzene rings is 2. The van der Waals surface area contributed by atoms with E-state index in [4.69, 9.17) is 0 Å². The van der Waals surface area contributed by atoms with Crippen LogP contribution in [0, 0.1) is 10.1 Å². The van der Waals surface area contributed by atoms with Crippen LogP contribution in [0.2, 0.25) is 0 Å². The summed E-state index contributed by atoms with van der Waals surface area (Å²) in [6.07, 6.45) is 4.27. The van der Waals surface area contributed by atoms with E-state index < -0.39 is 20.9 Å². The number of rotatable bonds is 7. The quantitative estimate of drug-likeness (QED) is 0.225. The number of nitrogens with one attached hydrogen (secondary N) is 2. The number of fused-ring (bicyclic) bond motifs is 1. The lowest BCUT2D eigenvalue weighted by Gasteiger charge is -2.11. The SMILES string of the molecule is O=C(Nc1ccc(S(=O)(=O)Nc2ncc([N+](=O)[O-])s2)cc1)c1cc(-c2ccncc2)nc2ccccc12. The molecule has 0 saturated carbocycles. The highest BCUT2D eigenvalue weighted by molar-refractivity contribution is 7.93. The van der Waals surface area contributed by atoms with Crippen molar-refractivity contribution in [2.75, 3.05) is 10.0 Å². The summed E-state index contributed by atoms with van der Waals surface area (Å²) in [6.45, 7) is 0. The van der Waals surface area contributed by atoms with E-state index in [2.05, 4.69) is 25.0 Å². The summed E-state index contributed by atoms with van der Waals surface area (Å²) in [6, 6.07) is 18.1. The van der Waals surface area contributed by atoms with Crippen molar-refractivity contribution in [2.45, 2.75) is 4.90 Å². The summed E-state index contributed by atoms with van der Waals surface area (Å²) < 4.78 is 27.5. The molecule has 0 spiro atoms. The van der Waals surface area contributed by atoms with Gasteiger partial charge in [0.1, 0.15) is 6.20 Å². The van der Waals surface area contributed by atoms with Crippen LogP contribution >= 0.6 is 11.3 Å². The fraction of sp³-hybridized carbons (Fsp3) is 0. The molecule has 2 N–H and O–H groups in total. The zero-order chi connectivity index (χ0) is 26.0. The van der Waals surface area contributed by atoms with Gasteiger partial charge in [0.2, 0.25) is 5.13 Å². The second kappa shape index (κ2) is 9.72. The molecular weight excluding hydrogens is 516 g/mol. The average Bonchev–Trinajstić information content (AvgIpc) is 3.37. The van der Waals surface area contributed by atoms with Gasteiger partial charge < -0.3 is 5.32 Å². The Balaban J connectivity index is 1.39. The van der Waals surface area contributed by atoms with Gasteiger partial charge in [0.25, 0.3) is 15.9 Å². The number of para-hydroxylation sites is 1. The van der Waals surface area contributed by atoms with E-state index in [9.17, 15) is 23.3 Å². The molecule has 0 aliphatic heterocycles. The molecule has 3 heterocycles. The number of nitrogens with zero attached hydrogens (tertiary/aromatic N) is 4. The molecule has 5 rings (SSSR count). The molecule has 0 fully saturated rings. The van der Waals surface area contributed by atoms with Crippen molar-refractivity contribution in [1.82, 2.24) is 15.0 Å². The average molecular weight is 533 g/mol. The van der Waals surface area contributed by atoms with Crippen molar-refractivity contribution in [3.8, 4) is 11.3 Å². The van der Waals surface area contributed by atoms with Gasteiger partial charge >= 0.3 is 5.00 Å². The molecule has 2 aromatic carbocycles. The van der Waals surface area contributed by atoms with E-state index in [1.165, 1.54) is 24.3 Å². The lowest BCUT2D eigenvalue weighted by Crippen LogP contribution is -2.14. The molecular formula is C24H16N6O5S2. The maximum Gasteiger partial charge on any atom is 0.345 e. The molecule has 0 aliphatic carbocycles. The fourth-order valence-electron chi connectivity index (χ4n) is 3.52. The van der Waals surface area contributed by atoms with E-state index in [1.807, 2.05) is 18.2 Å². The first kappa shape index (κ1) is 24.0. The van der Waals surface area contributed by atoms with Crippen LogP contribution in [0.4, 0.5) is 15.8 Å². The first-order chi connectivity index (χ1) is 17.8. The Hall–Kier alpha value is -4.75. The molecule has 1 amide bonds. The highest BCUT2D eigenvalue weighted by atomic mass is 32.2. The van der Waals surface area contributed by atoms with E-state index in [0.717, 1.165) is 11.8 Å². The van der Waals surface area contributed by atoms with Crippen molar-refractivity contribution < 1.29 is 18.1 Å². The zero-order valence-corrected chi connectivity index (χ0v) is 20.4. The van der Waals surface area contributed by atoms with Crippen molar-refractivity contribution in [3.05, 3.63) is 101 Å². The molecule has 0 atom stereocenters. The van der Waals surface area contributed by atoms with Crippen LogP contribution in [0.3, 0.4) is 0 Å². The van der Waals surface area contributed by atoms with Gasteiger partial charge in [0, 0.05) is 29.0 Å². The zero-order valence-electron chi connectivity index (χ0n) is 18.7. The number of hydrogen-bond donors (Lipinski definition) is 2. The van der Waals surface area contributed by atoms with E-state index >= 15 is 0 Å². The molecule has 184 valence electrons. The highest BCUT2D eigenvalue weighted by Crippen LogP contribution is 2.28. The lowest BCUT2D eigenvalue weighted by atomic mass is 10.0. The Labute approximate surface area is 214 Å². The molecule has 0 radical (unpaired) electrons. The van der Waals surface area contributed by atoms with Crippen LogP contribution in [0.1, 0.15) is 10.4 Å². The Morgan fingerprint density at radius 3 is 2.43 bits per heavy atom. The first-order valence-corrected chi connectivity index (χ1v) is 12.9. The van der Waals surface area contributed by atoms with Crippen LogP contribution in [0.25, 0.3) is 22.2 Å². The second-order valence-corrected chi connectivity index (χ2v) is 10.3. The Kier molecular flexibility index (Phi) is 6.29. The van der Waals surface area contributed by atoms with Crippen LogP contribution in [-0.2, 0) is 10.0 Å². The van der Waals surface area contributed by atoms with Gasteiger partial charge in [-0.3, -0.25) is 24.6 Å². The monoisotopic (exact) mass is 532 g/mol. The number of carbonyl (C=O) groups excluding carboxylic acids is 1. The molecule has 5 aromatic rings. The van der Waals surface area contributed by atoms with Gasteiger partial charge in [-0.05, 0) is 59.9 Å². The smallest absolute Gasteiger partial charge is 0.322 e. The molecule has 0 bridgehead atoms. The van der Waals surface area contributed by atoms with Crippen LogP contribution < -0.4 is 10.0 Å². The molecule has 0 unspecified atom stereocenters. The molecule has 0 saturated heterocycles. The van der Waals surface area contributed by atoms with Gasteiger partial charge in [0.05, 0.1) is 26.6 Å². The summed E-state index contributed by atoms with van der Waals surface area (Å²) in [5.41, 5.74) is 2.85. The normalized spacial score (nSPS) is 11.2. The number of carbonyl (C=O) groups is 1. The Morgan fingerprint density at radius 1 is 1.00 bits per heavy atom. The van der Waals surface area contributed by atoms with Gasteiger partial charge in [-0.2, -0.15) is 0 Å². The van der Waals surface area contributed by atoms with Crippen LogP contribution in [0.15, 0.2) is 90.2 Å². The van der Waals surface area contributed by atoms with Gasteiger partial charge in [-0.15, -0.1) is 0 Å². The topological polar surface area (TPSA) is 157 Å². The van der Waals surface area contributed by atoms with Gasteiger partial charge in [-0.1, -0.05) is 18.2 Å². The van der Waals surface area contributed by atoms with Crippen molar-refractivity contribution in [1.29, 1.82) is 0 Å². The summed E-state index contributed by atoms with van der Waals surface area (Å²) in [5.74, 6) is -0.391. The van der Waals surface area contributed by atoms with E-state index in [1.54, 1.807) is 36.7 Å². The Morgan fingerprint density at radius 2 is 1.73 bits per heavy atom. The third-order valence-corrected chi connectivity index (χ3v) is 7.60. The largest absolute Gasteiger partial charge is 0.345 e. The summed E-state index contributed by atoms with van der Waals surface area (Å²) >= 11 is 0.606. The number of pyridine rings is 2. The van der Waals surface area contributed by atoms with E-state index in [-0.39, 0.29) is 15.0 Å². The number of amides is 1. The Bertz CT molecular complexity index is 1740. The molecule has 11 nitrogen and oxygen atoms in total. The van der Waals surface area contributed by atoms with Gasteiger partial charge in [-0.25, -0.2) is 18.4 Å². The third kappa shape index (κ3) is 5.12. The minimum atomic E-state index is -4.04. The van der Waals surface area contributed by atoms with Crippen LogP contribution in [0.5, 0.6) is 0 Å². The highest BCUT2D eigenvalue weighted by Gasteiger charge is 2.20. The van der Waals surface area contributed by atoms with Crippen LogP contribution in [-0.4, -0.2) is 34.2 Å². The summed E-state index contributed by atoms with van der Waals surface area (Å²) in [4.78, 5) is 35.7. The maximum absolute atomic E-state index is 13.2. The minimum Gasteiger partial charge on any atom is -0.322 e. The third-order valence-electron chi connectivity index (χ3n) is 5.25.